The number of anilines is 1. The fraction of sp³-hybridized carbons (Fsp3) is 0.0870. The summed E-state index contributed by atoms with van der Waals surface area (Å²) >= 11 is 1.65. The highest BCUT2D eigenvalue weighted by Crippen LogP contribution is 2.38. The number of aliphatic carboxylic acids is 1. The minimum absolute atomic E-state index is 0.242. The average molecular weight is 471 g/mol. The Kier molecular flexibility index (Phi) is 6.84. The molecule has 6 nitrogen and oxygen atoms in total. The number of nitrogens with two attached hydrogens (primary N) is 1. The van der Waals surface area contributed by atoms with Crippen molar-refractivity contribution in [1.29, 1.82) is 5.26 Å². The number of nitrogen functional groups attached to an aromatic ring is 1. The van der Waals surface area contributed by atoms with Crippen molar-refractivity contribution < 1.29 is 27.8 Å². The molecule has 4 rings (SSSR count). The largest absolute Gasteiger partial charge is 0.497 e. The molecule has 0 aliphatic rings. The van der Waals surface area contributed by atoms with E-state index in [1.165, 1.54) is 4.70 Å². The van der Waals surface area contributed by atoms with Gasteiger partial charge in [-0.15, -0.1) is 11.3 Å². The SMILES string of the molecule is COc1ccc(-c2cc(-c3csc4ccccc34)c(C#N)c(N)n2)cc1.O=C(O)C(F)(F)F. The van der Waals surface area contributed by atoms with Gasteiger partial charge in [-0.05, 0) is 41.8 Å². The monoisotopic (exact) mass is 471 g/mol. The first-order valence-corrected chi connectivity index (χ1v) is 10.2. The molecule has 0 saturated heterocycles. The molecule has 0 atom stereocenters. The van der Waals surface area contributed by atoms with E-state index >= 15 is 0 Å². The summed E-state index contributed by atoms with van der Waals surface area (Å²) in [4.78, 5) is 13.3. The summed E-state index contributed by atoms with van der Waals surface area (Å²) in [7, 11) is 1.63. The second-order valence-corrected chi connectivity index (χ2v) is 7.52. The number of carbonyl (C=O) groups is 1. The van der Waals surface area contributed by atoms with Gasteiger partial charge in [0.2, 0.25) is 0 Å². The number of pyridine rings is 1. The van der Waals surface area contributed by atoms with E-state index < -0.39 is 12.1 Å². The van der Waals surface area contributed by atoms with Crippen LogP contribution in [0, 0.1) is 11.3 Å². The fourth-order valence-corrected chi connectivity index (χ4v) is 3.95. The van der Waals surface area contributed by atoms with Crippen molar-refractivity contribution in [2.45, 2.75) is 6.18 Å². The molecule has 0 bridgehead atoms. The third kappa shape index (κ3) is 5.22. The van der Waals surface area contributed by atoms with Gasteiger partial charge in [-0.1, -0.05) is 18.2 Å². The zero-order valence-electron chi connectivity index (χ0n) is 17.1. The van der Waals surface area contributed by atoms with E-state index in [9.17, 15) is 18.4 Å². The fourth-order valence-electron chi connectivity index (χ4n) is 2.99. The number of halogens is 3. The van der Waals surface area contributed by atoms with Crippen molar-refractivity contribution >= 4 is 33.2 Å². The lowest BCUT2D eigenvalue weighted by Gasteiger charge is -2.10. The minimum Gasteiger partial charge on any atom is -0.497 e. The second kappa shape index (κ2) is 9.58. The molecule has 168 valence electrons. The van der Waals surface area contributed by atoms with Crippen molar-refractivity contribution in [2.24, 2.45) is 0 Å². The number of carboxylic acid groups (broad SMARTS) is 1. The van der Waals surface area contributed by atoms with Gasteiger partial charge in [-0.2, -0.15) is 18.4 Å². The number of thiophene rings is 1. The van der Waals surface area contributed by atoms with E-state index in [0.29, 0.717) is 5.56 Å². The number of nitriles is 1. The first kappa shape index (κ1) is 23.6. The normalized spacial score (nSPS) is 10.8. The molecular formula is C23H16F3N3O3S. The Morgan fingerprint density at radius 1 is 1.15 bits per heavy atom. The van der Waals surface area contributed by atoms with Crippen molar-refractivity contribution in [3.8, 4) is 34.2 Å². The van der Waals surface area contributed by atoms with Crippen molar-refractivity contribution in [1.82, 2.24) is 4.98 Å². The van der Waals surface area contributed by atoms with Crippen LogP contribution in [0.3, 0.4) is 0 Å². The van der Waals surface area contributed by atoms with Crippen LogP contribution in [-0.2, 0) is 4.79 Å². The van der Waals surface area contributed by atoms with Gasteiger partial charge in [0.1, 0.15) is 23.2 Å². The molecular weight excluding hydrogens is 455 g/mol. The lowest BCUT2D eigenvalue weighted by atomic mass is 9.98. The van der Waals surface area contributed by atoms with Gasteiger partial charge >= 0.3 is 12.1 Å². The molecule has 2 aromatic carbocycles. The number of aromatic nitrogens is 1. The molecule has 0 amide bonds. The Balaban J connectivity index is 0.000000383. The molecule has 0 unspecified atom stereocenters. The van der Waals surface area contributed by atoms with E-state index in [1.54, 1.807) is 18.4 Å². The van der Waals surface area contributed by atoms with E-state index in [1.807, 2.05) is 42.5 Å². The Labute approximate surface area is 190 Å². The highest BCUT2D eigenvalue weighted by atomic mass is 32.1. The maximum atomic E-state index is 10.6. The Hall–Kier alpha value is -4.10. The summed E-state index contributed by atoms with van der Waals surface area (Å²) in [6.07, 6.45) is -5.08. The number of hydrogen-bond acceptors (Lipinski definition) is 6. The molecule has 2 aromatic heterocycles. The van der Waals surface area contributed by atoms with Gasteiger partial charge in [0.05, 0.1) is 12.8 Å². The molecule has 2 heterocycles. The van der Waals surface area contributed by atoms with Crippen LogP contribution in [0.4, 0.5) is 19.0 Å². The molecule has 0 aliphatic carbocycles. The van der Waals surface area contributed by atoms with Crippen LogP contribution < -0.4 is 10.5 Å². The zero-order valence-corrected chi connectivity index (χ0v) is 17.9. The average Bonchev–Trinajstić information content (AvgIpc) is 3.22. The highest BCUT2D eigenvalue weighted by molar-refractivity contribution is 7.17. The van der Waals surface area contributed by atoms with Crippen LogP contribution in [0.25, 0.3) is 32.5 Å². The first-order valence-electron chi connectivity index (χ1n) is 9.27. The molecule has 0 radical (unpaired) electrons. The summed E-state index contributed by atoms with van der Waals surface area (Å²) in [5, 5.41) is 19.9. The summed E-state index contributed by atoms with van der Waals surface area (Å²) in [6.45, 7) is 0. The van der Waals surface area contributed by atoms with E-state index in [4.69, 9.17) is 20.4 Å². The Bertz CT molecular complexity index is 1340. The summed E-state index contributed by atoms with van der Waals surface area (Å²) in [5.74, 6) is -1.74. The molecule has 0 aliphatic heterocycles. The predicted molar refractivity (Wildman–Crippen MR) is 120 cm³/mol. The van der Waals surface area contributed by atoms with E-state index in [0.717, 1.165) is 33.5 Å². The lowest BCUT2D eigenvalue weighted by Crippen LogP contribution is -2.21. The number of benzene rings is 2. The van der Waals surface area contributed by atoms with Crippen LogP contribution in [0.5, 0.6) is 5.75 Å². The van der Waals surface area contributed by atoms with Crippen molar-refractivity contribution in [2.75, 3.05) is 12.8 Å². The summed E-state index contributed by atoms with van der Waals surface area (Å²) in [5.41, 5.74) is 9.99. The number of rotatable bonds is 3. The molecule has 3 N–H and O–H groups in total. The van der Waals surface area contributed by atoms with Crippen molar-refractivity contribution in [3.05, 3.63) is 65.5 Å². The van der Waals surface area contributed by atoms with Crippen LogP contribution in [0.15, 0.2) is 60.0 Å². The van der Waals surface area contributed by atoms with Crippen LogP contribution in [-0.4, -0.2) is 29.3 Å². The van der Waals surface area contributed by atoms with Crippen molar-refractivity contribution in [3.63, 3.8) is 0 Å². The molecule has 10 heteroatoms. The lowest BCUT2D eigenvalue weighted by molar-refractivity contribution is -0.192. The molecule has 0 fully saturated rings. The minimum atomic E-state index is -5.08. The third-order valence-corrected chi connectivity index (χ3v) is 5.52. The highest BCUT2D eigenvalue weighted by Gasteiger charge is 2.38. The van der Waals surface area contributed by atoms with Gasteiger partial charge in [-0.3, -0.25) is 0 Å². The Morgan fingerprint density at radius 2 is 1.79 bits per heavy atom. The third-order valence-electron chi connectivity index (χ3n) is 4.56. The number of alkyl halides is 3. The second-order valence-electron chi connectivity index (χ2n) is 6.60. The van der Waals surface area contributed by atoms with Crippen LogP contribution >= 0.6 is 11.3 Å². The first-order chi connectivity index (χ1) is 15.7. The molecule has 33 heavy (non-hydrogen) atoms. The predicted octanol–water partition coefficient (Wildman–Crippen LogP) is 5.73. The topological polar surface area (TPSA) is 109 Å². The standard InChI is InChI=1S/C21H15N3OS.C2HF3O2/c1-25-14-8-6-13(7-9-14)19-10-16(17(11-22)21(23)24-19)18-12-26-20-5-3-2-4-15(18)20;3-2(4,5)1(6)7/h2-10,12H,1H3,(H2,23,24);(H,6,7). The van der Waals surface area contributed by atoms with Gasteiger partial charge in [-0.25, -0.2) is 9.78 Å². The molecule has 0 saturated carbocycles. The quantitative estimate of drug-likeness (QED) is 0.395. The van der Waals surface area contributed by atoms with E-state index in [-0.39, 0.29) is 5.82 Å². The molecule has 4 aromatic rings. The summed E-state index contributed by atoms with van der Waals surface area (Å²) < 4.78 is 38.1. The number of hydrogen-bond donors (Lipinski definition) is 2. The number of ether oxygens (including phenoxy) is 1. The van der Waals surface area contributed by atoms with Gasteiger partial charge < -0.3 is 15.6 Å². The van der Waals surface area contributed by atoms with Gasteiger partial charge in [0, 0.05) is 26.8 Å². The maximum Gasteiger partial charge on any atom is 0.490 e. The smallest absolute Gasteiger partial charge is 0.490 e. The maximum absolute atomic E-state index is 10.6. The van der Waals surface area contributed by atoms with E-state index in [2.05, 4.69) is 28.6 Å². The van der Waals surface area contributed by atoms with Crippen LogP contribution in [0.1, 0.15) is 5.56 Å². The molecule has 0 spiro atoms. The number of fused-ring (bicyclic) bond motifs is 1. The summed E-state index contributed by atoms with van der Waals surface area (Å²) in [6, 6.07) is 19.9. The number of carboxylic acids is 1. The Morgan fingerprint density at radius 3 is 2.36 bits per heavy atom. The van der Waals surface area contributed by atoms with Gasteiger partial charge in [0.25, 0.3) is 0 Å². The zero-order chi connectivity index (χ0) is 24.2. The van der Waals surface area contributed by atoms with Crippen LogP contribution in [0.2, 0.25) is 0 Å². The van der Waals surface area contributed by atoms with Gasteiger partial charge in [0.15, 0.2) is 0 Å². The number of nitrogens with zero attached hydrogens (tertiary/aromatic N) is 2. The number of methoxy groups -OCH3 is 1.